The number of halogens is 4. The standard InChI is InChI=1S/C24H28F3N.ClH/c1-23(2,3)21-8-4-18(5-9-21)12-15-28-16-13-20(14-17-28)19-6-10-22(11-7-19)24(25,26)27;/h4-11,13H,12,14-17H2,1-3H3;1H. The predicted molar refractivity (Wildman–Crippen MR) is 117 cm³/mol. The molecule has 0 aromatic heterocycles. The van der Waals surface area contributed by atoms with Crippen LogP contribution in [0.5, 0.6) is 0 Å². The number of nitrogens with zero attached hydrogens (tertiary/aromatic N) is 1. The van der Waals surface area contributed by atoms with Gasteiger partial charge in [0.15, 0.2) is 0 Å². The molecule has 0 saturated heterocycles. The second-order valence-corrected chi connectivity index (χ2v) is 8.55. The molecule has 29 heavy (non-hydrogen) atoms. The van der Waals surface area contributed by atoms with Gasteiger partial charge in [0.25, 0.3) is 0 Å². The summed E-state index contributed by atoms with van der Waals surface area (Å²) in [6.07, 6.45) is -0.252. The van der Waals surface area contributed by atoms with E-state index < -0.39 is 11.7 Å². The van der Waals surface area contributed by atoms with Crippen molar-refractivity contribution in [3.8, 4) is 0 Å². The van der Waals surface area contributed by atoms with Crippen molar-refractivity contribution in [3.63, 3.8) is 0 Å². The molecule has 1 aliphatic heterocycles. The molecule has 1 aliphatic rings. The van der Waals surface area contributed by atoms with Gasteiger partial charge in [-0.25, -0.2) is 0 Å². The average molecular weight is 424 g/mol. The molecule has 1 nitrogen and oxygen atoms in total. The van der Waals surface area contributed by atoms with E-state index >= 15 is 0 Å². The molecule has 0 atom stereocenters. The number of alkyl halides is 3. The van der Waals surface area contributed by atoms with Crippen LogP contribution in [0, 0.1) is 0 Å². The van der Waals surface area contributed by atoms with Gasteiger partial charge in [-0.1, -0.05) is 63.2 Å². The van der Waals surface area contributed by atoms with Crippen molar-refractivity contribution in [1.29, 1.82) is 0 Å². The third-order valence-electron chi connectivity index (χ3n) is 5.41. The quantitative estimate of drug-likeness (QED) is 0.525. The van der Waals surface area contributed by atoms with Gasteiger partial charge in [-0.3, -0.25) is 4.90 Å². The van der Waals surface area contributed by atoms with E-state index in [2.05, 4.69) is 56.0 Å². The molecule has 2 aromatic rings. The third kappa shape index (κ3) is 6.35. The third-order valence-corrected chi connectivity index (χ3v) is 5.41. The van der Waals surface area contributed by atoms with Gasteiger partial charge in [-0.2, -0.15) is 13.2 Å². The SMILES string of the molecule is CC(C)(C)c1ccc(CCN2CC=C(c3ccc(C(F)(F)F)cc3)CC2)cc1.Cl. The lowest BCUT2D eigenvalue weighted by Crippen LogP contribution is -2.30. The van der Waals surface area contributed by atoms with Gasteiger partial charge < -0.3 is 0 Å². The van der Waals surface area contributed by atoms with Gasteiger partial charge in [0.1, 0.15) is 0 Å². The summed E-state index contributed by atoms with van der Waals surface area (Å²) in [7, 11) is 0. The molecular formula is C24H29ClF3N. The number of benzene rings is 2. The lowest BCUT2D eigenvalue weighted by atomic mass is 9.86. The monoisotopic (exact) mass is 423 g/mol. The maximum Gasteiger partial charge on any atom is 0.416 e. The molecule has 1 heterocycles. The highest BCUT2D eigenvalue weighted by molar-refractivity contribution is 5.85. The summed E-state index contributed by atoms with van der Waals surface area (Å²) >= 11 is 0. The minimum absolute atomic E-state index is 0. The van der Waals surface area contributed by atoms with Crippen LogP contribution in [-0.4, -0.2) is 24.5 Å². The van der Waals surface area contributed by atoms with E-state index in [9.17, 15) is 13.2 Å². The predicted octanol–water partition coefficient (Wildman–Crippen LogP) is 6.76. The second-order valence-electron chi connectivity index (χ2n) is 8.55. The van der Waals surface area contributed by atoms with Crippen LogP contribution < -0.4 is 0 Å². The number of hydrogen-bond donors (Lipinski definition) is 0. The van der Waals surface area contributed by atoms with Crippen molar-refractivity contribution in [2.24, 2.45) is 0 Å². The van der Waals surface area contributed by atoms with Gasteiger partial charge in [0, 0.05) is 19.6 Å². The molecule has 0 aliphatic carbocycles. The van der Waals surface area contributed by atoms with Crippen LogP contribution in [0.25, 0.3) is 5.57 Å². The van der Waals surface area contributed by atoms with E-state index in [1.807, 2.05) is 0 Å². The Hall–Kier alpha value is -1.78. The summed E-state index contributed by atoms with van der Waals surface area (Å²) < 4.78 is 38.1. The van der Waals surface area contributed by atoms with Crippen molar-refractivity contribution >= 4 is 18.0 Å². The first kappa shape index (κ1) is 23.5. The van der Waals surface area contributed by atoms with Gasteiger partial charge >= 0.3 is 6.18 Å². The largest absolute Gasteiger partial charge is 0.416 e. The number of rotatable bonds is 4. The Morgan fingerprint density at radius 3 is 1.93 bits per heavy atom. The zero-order valence-corrected chi connectivity index (χ0v) is 18.0. The average Bonchev–Trinajstić information content (AvgIpc) is 2.66. The molecular weight excluding hydrogens is 395 g/mol. The summed E-state index contributed by atoms with van der Waals surface area (Å²) in [5, 5.41) is 0. The normalized spacial score (nSPS) is 15.6. The van der Waals surface area contributed by atoms with Crippen LogP contribution in [0.3, 0.4) is 0 Å². The summed E-state index contributed by atoms with van der Waals surface area (Å²) in [5.74, 6) is 0. The first-order valence-corrected chi connectivity index (χ1v) is 9.81. The minimum atomic E-state index is -4.28. The van der Waals surface area contributed by atoms with Gasteiger partial charge in [-0.05, 0) is 52.7 Å². The molecule has 0 fully saturated rings. The lowest BCUT2D eigenvalue weighted by Gasteiger charge is -2.26. The molecule has 0 N–H and O–H groups in total. The summed E-state index contributed by atoms with van der Waals surface area (Å²) in [4.78, 5) is 2.39. The van der Waals surface area contributed by atoms with Crippen molar-refractivity contribution in [1.82, 2.24) is 4.90 Å². The zero-order valence-electron chi connectivity index (χ0n) is 17.2. The molecule has 0 spiro atoms. The molecule has 0 bridgehead atoms. The fourth-order valence-corrected chi connectivity index (χ4v) is 3.51. The van der Waals surface area contributed by atoms with Crippen LogP contribution in [-0.2, 0) is 18.0 Å². The molecule has 0 amide bonds. The Kier molecular flexibility index (Phi) is 7.58. The fraction of sp³-hybridized carbons (Fsp3) is 0.417. The maximum atomic E-state index is 12.7. The minimum Gasteiger partial charge on any atom is -0.299 e. The Bertz CT molecular complexity index is 815. The van der Waals surface area contributed by atoms with Crippen LogP contribution in [0.1, 0.15) is 49.4 Å². The van der Waals surface area contributed by atoms with E-state index in [0.717, 1.165) is 43.6 Å². The lowest BCUT2D eigenvalue weighted by molar-refractivity contribution is -0.137. The molecule has 0 radical (unpaired) electrons. The Morgan fingerprint density at radius 2 is 1.45 bits per heavy atom. The van der Waals surface area contributed by atoms with Crippen LogP contribution >= 0.6 is 12.4 Å². The molecule has 5 heteroatoms. The smallest absolute Gasteiger partial charge is 0.299 e. The van der Waals surface area contributed by atoms with Crippen molar-refractivity contribution in [2.75, 3.05) is 19.6 Å². The Labute approximate surface area is 178 Å². The van der Waals surface area contributed by atoms with Crippen molar-refractivity contribution in [3.05, 3.63) is 76.9 Å². The van der Waals surface area contributed by atoms with Crippen LogP contribution in [0.2, 0.25) is 0 Å². The van der Waals surface area contributed by atoms with E-state index in [1.54, 1.807) is 12.1 Å². The van der Waals surface area contributed by atoms with Crippen molar-refractivity contribution in [2.45, 2.75) is 45.2 Å². The van der Waals surface area contributed by atoms with Gasteiger partial charge in [0.2, 0.25) is 0 Å². The highest BCUT2D eigenvalue weighted by atomic mass is 35.5. The van der Waals surface area contributed by atoms with E-state index in [4.69, 9.17) is 0 Å². The molecule has 0 saturated carbocycles. The first-order chi connectivity index (χ1) is 13.1. The second kappa shape index (κ2) is 9.36. The van der Waals surface area contributed by atoms with Crippen molar-refractivity contribution < 1.29 is 13.2 Å². The van der Waals surface area contributed by atoms with E-state index in [0.29, 0.717) is 0 Å². The molecule has 0 unspecified atom stereocenters. The maximum absolute atomic E-state index is 12.7. The molecule has 2 aromatic carbocycles. The highest BCUT2D eigenvalue weighted by Crippen LogP contribution is 2.31. The molecule has 3 rings (SSSR count). The van der Waals surface area contributed by atoms with Gasteiger partial charge in [0.05, 0.1) is 5.56 Å². The zero-order chi connectivity index (χ0) is 20.4. The van der Waals surface area contributed by atoms with Gasteiger partial charge in [-0.15, -0.1) is 12.4 Å². The highest BCUT2D eigenvalue weighted by Gasteiger charge is 2.30. The Morgan fingerprint density at radius 1 is 0.862 bits per heavy atom. The first-order valence-electron chi connectivity index (χ1n) is 9.81. The Balaban J connectivity index is 0.00000300. The summed E-state index contributed by atoms with van der Waals surface area (Å²) in [6, 6.07) is 14.4. The number of hydrogen-bond acceptors (Lipinski definition) is 1. The van der Waals surface area contributed by atoms with E-state index in [-0.39, 0.29) is 17.8 Å². The topological polar surface area (TPSA) is 3.24 Å². The molecule has 158 valence electrons. The van der Waals surface area contributed by atoms with Crippen LogP contribution in [0.4, 0.5) is 13.2 Å². The van der Waals surface area contributed by atoms with E-state index in [1.165, 1.54) is 23.3 Å². The van der Waals surface area contributed by atoms with Crippen LogP contribution in [0.15, 0.2) is 54.6 Å². The fourth-order valence-electron chi connectivity index (χ4n) is 3.51. The summed E-state index contributed by atoms with van der Waals surface area (Å²) in [5.41, 5.74) is 4.30. The summed E-state index contributed by atoms with van der Waals surface area (Å²) in [6.45, 7) is 9.43.